The van der Waals surface area contributed by atoms with Crippen LogP contribution in [0.1, 0.15) is 28.0 Å². The normalized spacial score (nSPS) is 14.0. The predicted molar refractivity (Wildman–Crippen MR) is 103 cm³/mol. The number of hydrogen-bond donors (Lipinski definition) is 0. The lowest BCUT2D eigenvalue weighted by molar-refractivity contribution is 0.0772. The third kappa shape index (κ3) is 3.49. The van der Waals surface area contributed by atoms with Crippen LogP contribution in [0.3, 0.4) is 0 Å². The van der Waals surface area contributed by atoms with Gasteiger partial charge in [0.15, 0.2) is 0 Å². The summed E-state index contributed by atoms with van der Waals surface area (Å²) in [5.74, 6) is 2.07. The molecule has 0 fully saturated rings. The lowest BCUT2D eigenvalue weighted by Gasteiger charge is -2.28. The van der Waals surface area contributed by atoms with Gasteiger partial charge in [-0.3, -0.25) is 9.48 Å². The van der Waals surface area contributed by atoms with Crippen LogP contribution in [-0.2, 0) is 7.05 Å². The van der Waals surface area contributed by atoms with E-state index < -0.39 is 0 Å². The SMILES string of the molecule is COc1cc(OC)c(C2=CCN(C(=O)c3cnn(C)c3C)CC2)c(OC)c1. The number of carbonyl (C=O) groups excluding carboxylic acids is 1. The number of aryl methyl sites for hydroxylation is 1. The quantitative estimate of drug-likeness (QED) is 0.808. The molecule has 1 amide bonds. The number of aromatic nitrogens is 2. The first-order valence-corrected chi connectivity index (χ1v) is 8.77. The Morgan fingerprint density at radius 2 is 1.78 bits per heavy atom. The molecule has 0 atom stereocenters. The lowest BCUT2D eigenvalue weighted by atomic mass is 9.97. The molecule has 0 spiro atoms. The van der Waals surface area contributed by atoms with Crippen molar-refractivity contribution in [2.24, 2.45) is 7.05 Å². The summed E-state index contributed by atoms with van der Waals surface area (Å²) in [5, 5.41) is 4.17. The van der Waals surface area contributed by atoms with Gasteiger partial charge in [0, 0.05) is 38.0 Å². The highest BCUT2D eigenvalue weighted by molar-refractivity contribution is 5.95. The topological polar surface area (TPSA) is 65.8 Å². The minimum Gasteiger partial charge on any atom is -0.496 e. The Morgan fingerprint density at radius 1 is 1.11 bits per heavy atom. The number of rotatable bonds is 5. The number of nitrogens with zero attached hydrogens (tertiary/aromatic N) is 3. The molecule has 1 aliphatic rings. The predicted octanol–water partition coefficient (Wildman–Crippen LogP) is 2.68. The average molecular weight is 371 g/mol. The van der Waals surface area contributed by atoms with Crippen molar-refractivity contribution in [1.29, 1.82) is 0 Å². The summed E-state index contributed by atoms with van der Waals surface area (Å²) in [6, 6.07) is 3.68. The molecule has 7 nitrogen and oxygen atoms in total. The van der Waals surface area contributed by atoms with Crippen LogP contribution in [0.15, 0.2) is 24.4 Å². The molecule has 7 heteroatoms. The highest BCUT2D eigenvalue weighted by atomic mass is 16.5. The molecule has 0 saturated heterocycles. The Hall–Kier alpha value is -2.96. The van der Waals surface area contributed by atoms with Crippen LogP contribution in [0.25, 0.3) is 5.57 Å². The molecule has 1 aromatic carbocycles. The van der Waals surface area contributed by atoms with Gasteiger partial charge in [-0.05, 0) is 18.9 Å². The van der Waals surface area contributed by atoms with Crippen LogP contribution in [0.2, 0.25) is 0 Å². The summed E-state index contributed by atoms with van der Waals surface area (Å²) in [6.45, 7) is 3.05. The van der Waals surface area contributed by atoms with Gasteiger partial charge in [0.05, 0.1) is 38.7 Å². The van der Waals surface area contributed by atoms with Gasteiger partial charge in [0.2, 0.25) is 0 Å². The van der Waals surface area contributed by atoms with Gasteiger partial charge in [-0.15, -0.1) is 0 Å². The van der Waals surface area contributed by atoms with E-state index >= 15 is 0 Å². The summed E-state index contributed by atoms with van der Waals surface area (Å²) in [4.78, 5) is 14.6. The molecule has 2 aromatic rings. The van der Waals surface area contributed by atoms with E-state index in [4.69, 9.17) is 14.2 Å². The molecule has 3 rings (SSSR count). The fourth-order valence-electron chi connectivity index (χ4n) is 3.28. The van der Waals surface area contributed by atoms with Gasteiger partial charge < -0.3 is 19.1 Å². The molecule has 0 N–H and O–H groups in total. The van der Waals surface area contributed by atoms with Crippen LogP contribution in [0, 0.1) is 6.92 Å². The molecule has 1 aliphatic heterocycles. The van der Waals surface area contributed by atoms with E-state index in [1.165, 1.54) is 0 Å². The van der Waals surface area contributed by atoms with E-state index in [-0.39, 0.29) is 5.91 Å². The van der Waals surface area contributed by atoms with Crippen LogP contribution in [-0.4, -0.2) is 55.0 Å². The van der Waals surface area contributed by atoms with Crippen molar-refractivity contribution in [3.8, 4) is 17.2 Å². The standard InChI is InChI=1S/C20H25N3O4/c1-13-16(12-21-22(13)2)20(24)23-8-6-14(7-9-23)19-17(26-4)10-15(25-3)11-18(19)27-5/h6,10-12H,7-9H2,1-5H3. The van der Waals surface area contributed by atoms with Gasteiger partial charge in [0.1, 0.15) is 17.2 Å². The van der Waals surface area contributed by atoms with Crippen LogP contribution in [0.5, 0.6) is 17.2 Å². The molecule has 2 heterocycles. The molecule has 0 aliphatic carbocycles. The first kappa shape index (κ1) is 18.8. The third-order valence-corrected chi connectivity index (χ3v) is 5.00. The van der Waals surface area contributed by atoms with Gasteiger partial charge >= 0.3 is 0 Å². The largest absolute Gasteiger partial charge is 0.496 e. The number of ether oxygens (including phenoxy) is 3. The molecule has 0 radical (unpaired) electrons. The van der Waals surface area contributed by atoms with Gasteiger partial charge in [-0.25, -0.2) is 0 Å². The van der Waals surface area contributed by atoms with Gasteiger partial charge in [0.25, 0.3) is 5.91 Å². The first-order chi connectivity index (χ1) is 13.0. The van der Waals surface area contributed by atoms with E-state index in [2.05, 4.69) is 11.2 Å². The zero-order valence-corrected chi connectivity index (χ0v) is 16.4. The van der Waals surface area contributed by atoms with E-state index in [1.807, 2.05) is 31.0 Å². The molecule has 27 heavy (non-hydrogen) atoms. The molecule has 1 aromatic heterocycles. The summed E-state index contributed by atoms with van der Waals surface area (Å²) in [6.07, 6.45) is 4.40. The van der Waals surface area contributed by atoms with Crippen molar-refractivity contribution in [1.82, 2.24) is 14.7 Å². The number of hydrogen-bond acceptors (Lipinski definition) is 5. The Morgan fingerprint density at radius 3 is 2.22 bits per heavy atom. The number of benzene rings is 1. The van der Waals surface area contributed by atoms with E-state index in [1.54, 1.807) is 32.2 Å². The summed E-state index contributed by atoms with van der Waals surface area (Å²) >= 11 is 0. The number of amides is 1. The van der Waals surface area contributed by atoms with E-state index in [9.17, 15) is 4.79 Å². The van der Waals surface area contributed by atoms with Crippen LogP contribution in [0.4, 0.5) is 0 Å². The number of methoxy groups -OCH3 is 3. The number of carbonyl (C=O) groups is 1. The Bertz CT molecular complexity index is 860. The molecule has 0 bridgehead atoms. The van der Waals surface area contributed by atoms with Crippen molar-refractivity contribution in [3.05, 3.63) is 41.2 Å². The van der Waals surface area contributed by atoms with Crippen molar-refractivity contribution in [3.63, 3.8) is 0 Å². The van der Waals surface area contributed by atoms with Crippen LogP contribution < -0.4 is 14.2 Å². The van der Waals surface area contributed by atoms with Gasteiger partial charge in [-0.2, -0.15) is 5.10 Å². The lowest BCUT2D eigenvalue weighted by Crippen LogP contribution is -2.35. The van der Waals surface area contributed by atoms with Crippen LogP contribution >= 0.6 is 0 Å². The van der Waals surface area contributed by atoms with Crippen molar-refractivity contribution in [2.45, 2.75) is 13.3 Å². The molecule has 0 unspecified atom stereocenters. The van der Waals surface area contributed by atoms with E-state index in [0.717, 1.165) is 16.8 Å². The molecular weight excluding hydrogens is 346 g/mol. The summed E-state index contributed by atoms with van der Waals surface area (Å²) < 4.78 is 18.1. The maximum atomic E-state index is 12.8. The summed E-state index contributed by atoms with van der Waals surface area (Å²) in [7, 11) is 6.70. The fourth-order valence-corrected chi connectivity index (χ4v) is 3.28. The second-order valence-electron chi connectivity index (χ2n) is 6.40. The minimum absolute atomic E-state index is 0.00422. The minimum atomic E-state index is 0.00422. The molecule has 0 saturated carbocycles. The highest BCUT2D eigenvalue weighted by Gasteiger charge is 2.25. The fraction of sp³-hybridized carbons (Fsp3) is 0.400. The Balaban J connectivity index is 1.87. The van der Waals surface area contributed by atoms with Gasteiger partial charge in [-0.1, -0.05) is 6.08 Å². The summed E-state index contributed by atoms with van der Waals surface area (Å²) in [5.41, 5.74) is 3.52. The molecule has 144 valence electrons. The zero-order valence-electron chi connectivity index (χ0n) is 16.4. The van der Waals surface area contributed by atoms with Crippen molar-refractivity contribution < 1.29 is 19.0 Å². The van der Waals surface area contributed by atoms with Crippen molar-refractivity contribution >= 4 is 11.5 Å². The Labute approximate surface area is 159 Å². The Kier molecular flexibility index (Phi) is 5.39. The van der Waals surface area contributed by atoms with E-state index in [0.29, 0.717) is 42.3 Å². The zero-order chi connectivity index (χ0) is 19.6. The third-order valence-electron chi connectivity index (χ3n) is 5.00. The first-order valence-electron chi connectivity index (χ1n) is 8.77. The second kappa shape index (κ2) is 7.73. The average Bonchev–Trinajstić information content (AvgIpc) is 3.05. The van der Waals surface area contributed by atoms with Crippen molar-refractivity contribution in [2.75, 3.05) is 34.4 Å². The monoisotopic (exact) mass is 371 g/mol. The maximum absolute atomic E-state index is 12.8. The maximum Gasteiger partial charge on any atom is 0.257 e. The smallest absolute Gasteiger partial charge is 0.257 e. The highest BCUT2D eigenvalue weighted by Crippen LogP contribution is 2.40. The second-order valence-corrected chi connectivity index (χ2v) is 6.40. The molecular formula is C20H25N3O4.